The summed E-state index contributed by atoms with van der Waals surface area (Å²) in [6.07, 6.45) is 8.87. The first-order valence-electron chi connectivity index (χ1n) is 13.4. The Bertz CT molecular complexity index is 1350. The molecule has 1 N–H and O–H groups in total. The van der Waals surface area contributed by atoms with Crippen molar-refractivity contribution in [3.63, 3.8) is 0 Å². The minimum atomic E-state index is -0.400. The molecule has 39 heavy (non-hydrogen) atoms. The van der Waals surface area contributed by atoms with Gasteiger partial charge in [0.25, 0.3) is 5.91 Å². The molecule has 202 valence electrons. The normalized spacial score (nSPS) is 17.6. The summed E-state index contributed by atoms with van der Waals surface area (Å²) in [5.41, 5.74) is 3.22. The van der Waals surface area contributed by atoms with Crippen LogP contribution in [0.25, 0.3) is 0 Å². The molecule has 2 aliphatic rings. The number of carbonyl (C=O) groups is 2. The number of carbonyl (C=O) groups excluding carboxylic acids is 2. The Kier molecular flexibility index (Phi) is 8.15. The van der Waals surface area contributed by atoms with E-state index in [9.17, 15) is 9.59 Å². The van der Waals surface area contributed by atoms with Gasteiger partial charge in [-0.1, -0.05) is 19.1 Å². The van der Waals surface area contributed by atoms with E-state index in [1.807, 2.05) is 36.4 Å². The van der Waals surface area contributed by atoms with Gasteiger partial charge in [0.2, 0.25) is 11.7 Å². The second kappa shape index (κ2) is 12.1. The molecule has 5 rings (SSSR count). The molecule has 9 heteroatoms. The largest absolute Gasteiger partial charge is 0.493 e. The predicted octanol–water partition coefficient (Wildman–Crippen LogP) is 5.22. The molecule has 1 aromatic heterocycles. The topological polar surface area (TPSA) is 106 Å². The third kappa shape index (κ3) is 6.25. The molecule has 1 aliphatic carbocycles. The smallest absolute Gasteiger partial charge is 0.293 e. The van der Waals surface area contributed by atoms with Crippen LogP contribution in [-0.2, 0) is 11.3 Å². The van der Waals surface area contributed by atoms with Gasteiger partial charge in [-0.15, -0.1) is 0 Å². The highest BCUT2D eigenvalue weighted by Crippen LogP contribution is 2.34. The van der Waals surface area contributed by atoms with Gasteiger partial charge in [0.05, 0.1) is 25.5 Å². The van der Waals surface area contributed by atoms with Crippen molar-refractivity contribution in [1.82, 2.24) is 15.0 Å². The number of hydrazone groups is 1. The number of amides is 2. The number of anilines is 1. The molecule has 1 unspecified atom stereocenters. The molecule has 2 aromatic carbocycles. The Morgan fingerprint density at radius 1 is 1.05 bits per heavy atom. The second-order valence-corrected chi connectivity index (χ2v) is 9.86. The summed E-state index contributed by atoms with van der Waals surface area (Å²) in [5.74, 6) is 1.08. The summed E-state index contributed by atoms with van der Waals surface area (Å²) in [6, 6.07) is 14.9. The van der Waals surface area contributed by atoms with Crippen LogP contribution < -0.4 is 14.8 Å². The molecule has 1 aliphatic heterocycles. The number of hydrogen-bond donors (Lipinski definition) is 1. The molecule has 2 heterocycles. The van der Waals surface area contributed by atoms with Crippen molar-refractivity contribution in [2.24, 2.45) is 11.0 Å². The average molecular weight is 528 g/mol. The van der Waals surface area contributed by atoms with Gasteiger partial charge in [0, 0.05) is 36.0 Å². The Labute approximate surface area is 228 Å². The van der Waals surface area contributed by atoms with Gasteiger partial charge >= 0.3 is 0 Å². The number of hydrogen-bond acceptors (Lipinski definition) is 7. The molecule has 0 spiro atoms. The van der Waals surface area contributed by atoms with E-state index < -0.39 is 5.91 Å². The van der Waals surface area contributed by atoms with Crippen molar-refractivity contribution < 1.29 is 19.1 Å². The number of methoxy groups -OCH3 is 1. The first kappa shape index (κ1) is 26.3. The summed E-state index contributed by atoms with van der Waals surface area (Å²) in [5, 5.41) is 9.18. The maximum absolute atomic E-state index is 13.1. The van der Waals surface area contributed by atoms with E-state index in [2.05, 4.69) is 22.2 Å². The molecule has 3 aromatic rings. The van der Waals surface area contributed by atoms with Crippen molar-refractivity contribution in [2.45, 2.75) is 58.1 Å². The molecule has 0 bridgehead atoms. The Morgan fingerprint density at radius 2 is 1.85 bits per heavy atom. The average Bonchev–Trinajstić information content (AvgIpc) is 3.47. The van der Waals surface area contributed by atoms with E-state index in [4.69, 9.17) is 14.6 Å². The van der Waals surface area contributed by atoms with E-state index in [0.29, 0.717) is 23.6 Å². The standard InChI is InChI=1S/C30H33N5O4/c1-3-21-18-27(36)35(19-20-8-6-9-23(16-20)33-30(37)29-31-14-7-15-32-29)34-28(21)22-12-13-25(38-2)26(17-22)39-24-10-4-5-11-24/h6-9,12-17,21,24H,3-5,10-11,18-19H2,1-2H3,(H,33,37). The molecule has 2 amide bonds. The first-order valence-corrected chi connectivity index (χ1v) is 13.4. The van der Waals surface area contributed by atoms with Gasteiger partial charge in [-0.25, -0.2) is 15.0 Å². The van der Waals surface area contributed by atoms with Crippen LogP contribution in [0.1, 0.15) is 67.2 Å². The van der Waals surface area contributed by atoms with Crippen molar-refractivity contribution >= 4 is 23.2 Å². The monoisotopic (exact) mass is 527 g/mol. The van der Waals surface area contributed by atoms with Crippen LogP contribution >= 0.6 is 0 Å². The highest BCUT2D eigenvalue weighted by molar-refractivity contribution is 6.06. The van der Waals surface area contributed by atoms with Crippen LogP contribution in [-0.4, -0.2) is 45.7 Å². The summed E-state index contributed by atoms with van der Waals surface area (Å²) in [7, 11) is 1.65. The van der Waals surface area contributed by atoms with Crippen molar-refractivity contribution in [3.05, 3.63) is 77.9 Å². The zero-order valence-electron chi connectivity index (χ0n) is 22.3. The highest BCUT2D eigenvalue weighted by atomic mass is 16.5. The first-order chi connectivity index (χ1) is 19.0. The Balaban J connectivity index is 1.37. The van der Waals surface area contributed by atoms with Crippen LogP contribution in [0.3, 0.4) is 0 Å². The van der Waals surface area contributed by atoms with E-state index in [1.165, 1.54) is 30.2 Å². The molecule has 0 saturated heterocycles. The zero-order chi connectivity index (χ0) is 27.2. The van der Waals surface area contributed by atoms with Gasteiger partial charge in [-0.05, 0) is 74.1 Å². The van der Waals surface area contributed by atoms with Crippen LogP contribution in [0.4, 0.5) is 5.69 Å². The van der Waals surface area contributed by atoms with Crippen LogP contribution in [0.15, 0.2) is 66.0 Å². The summed E-state index contributed by atoms with van der Waals surface area (Å²) in [6.45, 7) is 2.36. The lowest BCUT2D eigenvalue weighted by Crippen LogP contribution is -2.36. The van der Waals surface area contributed by atoms with E-state index in [0.717, 1.165) is 36.1 Å². The van der Waals surface area contributed by atoms with Gasteiger partial charge in [0.15, 0.2) is 11.5 Å². The lowest BCUT2D eigenvalue weighted by Gasteiger charge is -2.29. The van der Waals surface area contributed by atoms with E-state index in [-0.39, 0.29) is 30.3 Å². The van der Waals surface area contributed by atoms with Crippen molar-refractivity contribution in [2.75, 3.05) is 12.4 Å². The molecule has 1 fully saturated rings. The molecular formula is C30H33N5O4. The third-order valence-corrected chi connectivity index (χ3v) is 7.16. The minimum Gasteiger partial charge on any atom is -0.493 e. The minimum absolute atomic E-state index is 0.0120. The SMILES string of the molecule is CCC1CC(=O)N(Cc2cccc(NC(=O)c3ncccn3)c2)N=C1c1ccc(OC)c(OC2CCCC2)c1. The number of aromatic nitrogens is 2. The summed E-state index contributed by atoms with van der Waals surface area (Å²) >= 11 is 0. The van der Waals surface area contributed by atoms with E-state index >= 15 is 0 Å². The quantitative estimate of drug-likeness (QED) is 0.409. The molecule has 9 nitrogen and oxygen atoms in total. The maximum atomic E-state index is 13.1. The lowest BCUT2D eigenvalue weighted by molar-refractivity contribution is -0.133. The third-order valence-electron chi connectivity index (χ3n) is 7.16. The number of nitrogens with zero attached hydrogens (tertiary/aromatic N) is 4. The lowest BCUT2D eigenvalue weighted by atomic mass is 9.89. The fourth-order valence-electron chi connectivity index (χ4n) is 5.07. The van der Waals surface area contributed by atoms with Crippen molar-refractivity contribution in [3.8, 4) is 11.5 Å². The molecule has 0 radical (unpaired) electrons. The fourth-order valence-corrected chi connectivity index (χ4v) is 5.07. The Hall–Kier alpha value is -4.27. The number of ether oxygens (including phenoxy) is 2. The zero-order valence-corrected chi connectivity index (χ0v) is 22.3. The van der Waals surface area contributed by atoms with Crippen LogP contribution in [0, 0.1) is 5.92 Å². The number of rotatable bonds is 9. The number of nitrogens with one attached hydrogen (secondary N) is 1. The van der Waals surface area contributed by atoms with Crippen LogP contribution in [0.5, 0.6) is 11.5 Å². The summed E-state index contributed by atoms with van der Waals surface area (Å²) < 4.78 is 11.9. The Morgan fingerprint density at radius 3 is 2.59 bits per heavy atom. The molecular weight excluding hydrogens is 494 g/mol. The van der Waals surface area contributed by atoms with E-state index in [1.54, 1.807) is 19.2 Å². The van der Waals surface area contributed by atoms with Gasteiger partial charge < -0.3 is 14.8 Å². The van der Waals surface area contributed by atoms with Crippen molar-refractivity contribution in [1.29, 1.82) is 0 Å². The molecule has 1 atom stereocenters. The highest BCUT2D eigenvalue weighted by Gasteiger charge is 2.30. The molecule has 1 saturated carbocycles. The van der Waals surface area contributed by atoms with Crippen LogP contribution in [0.2, 0.25) is 0 Å². The summed E-state index contributed by atoms with van der Waals surface area (Å²) in [4.78, 5) is 33.5. The van der Waals surface area contributed by atoms with Gasteiger partial charge in [0.1, 0.15) is 0 Å². The predicted molar refractivity (Wildman–Crippen MR) is 148 cm³/mol. The van der Waals surface area contributed by atoms with Gasteiger partial charge in [-0.2, -0.15) is 5.10 Å². The number of benzene rings is 2. The van der Waals surface area contributed by atoms with Gasteiger partial charge in [-0.3, -0.25) is 9.59 Å². The second-order valence-electron chi connectivity index (χ2n) is 9.86. The fraction of sp³-hybridized carbons (Fsp3) is 0.367. The maximum Gasteiger partial charge on any atom is 0.293 e.